The first-order chi connectivity index (χ1) is 5.88. The second-order valence-corrected chi connectivity index (χ2v) is 7.29. The lowest BCUT2D eigenvalue weighted by Crippen LogP contribution is -2.00. The van der Waals surface area contributed by atoms with Gasteiger partial charge >= 0.3 is 0 Å². The molecule has 2 nitrogen and oxygen atoms in total. The van der Waals surface area contributed by atoms with Gasteiger partial charge in [0.05, 0.1) is 5.75 Å². The van der Waals surface area contributed by atoms with E-state index in [0.717, 1.165) is 5.56 Å². The monoisotopic (exact) mass is 238 g/mol. The lowest BCUT2D eigenvalue weighted by atomic mass is 10.2. The minimum Gasteiger partial charge on any atom is -0.212 e. The fourth-order valence-electron chi connectivity index (χ4n) is 1.16. The van der Waals surface area contributed by atoms with Crippen molar-refractivity contribution in [3.63, 3.8) is 0 Å². The minimum absolute atomic E-state index is 0.0194. The second-order valence-electron chi connectivity index (χ2n) is 2.93. The van der Waals surface area contributed by atoms with Gasteiger partial charge in [0, 0.05) is 20.4 Å². The summed E-state index contributed by atoms with van der Waals surface area (Å²) < 4.78 is 21.4. The third kappa shape index (κ3) is 3.67. The zero-order chi connectivity index (χ0) is 10.1. The fraction of sp³-hybridized carbons (Fsp3) is 0.500. The SMILES string of the molecule is Cc1cc(CCS(=O)(=O)Cl)c(C)s1. The molecule has 0 aromatic carbocycles. The first-order valence-corrected chi connectivity index (χ1v) is 7.16. The zero-order valence-electron chi connectivity index (χ0n) is 7.50. The molecule has 1 heterocycles. The van der Waals surface area contributed by atoms with Crippen molar-refractivity contribution in [2.45, 2.75) is 20.3 Å². The summed E-state index contributed by atoms with van der Waals surface area (Å²) in [6, 6.07) is 2.02. The van der Waals surface area contributed by atoms with E-state index in [9.17, 15) is 8.42 Å². The number of halogens is 1. The van der Waals surface area contributed by atoms with E-state index in [-0.39, 0.29) is 5.75 Å². The highest BCUT2D eigenvalue weighted by atomic mass is 35.7. The van der Waals surface area contributed by atoms with Crippen LogP contribution in [0.25, 0.3) is 0 Å². The maximum atomic E-state index is 10.7. The summed E-state index contributed by atoms with van der Waals surface area (Å²) >= 11 is 1.68. The van der Waals surface area contributed by atoms with Gasteiger partial charge in [-0.2, -0.15) is 0 Å². The molecule has 0 aliphatic rings. The smallest absolute Gasteiger partial charge is 0.212 e. The molecule has 5 heteroatoms. The summed E-state index contributed by atoms with van der Waals surface area (Å²) in [6.45, 7) is 4.00. The van der Waals surface area contributed by atoms with Crippen molar-refractivity contribution < 1.29 is 8.42 Å². The number of hydrogen-bond donors (Lipinski definition) is 0. The molecule has 0 aliphatic carbocycles. The normalized spacial score (nSPS) is 11.9. The third-order valence-electron chi connectivity index (χ3n) is 1.76. The third-order valence-corrected chi connectivity index (χ3v) is 3.92. The van der Waals surface area contributed by atoms with Gasteiger partial charge in [-0.25, -0.2) is 8.42 Å². The fourth-order valence-corrected chi connectivity index (χ4v) is 2.83. The molecule has 0 fully saturated rings. The molecular formula is C8H11ClO2S2. The van der Waals surface area contributed by atoms with Gasteiger partial charge in [-0.15, -0.1) is 11.3 Å². The molecule has 0 radical (unpaired) electrons. The topological polar surface area (TPSA) is 34.1 Å². The summed E-state index contributed by atoms with van der Waals surface area (Å²) in [5, 5.41) is 0. The molecule has 0 atom stereocenters. The molecule has 0 unspecified atom stereocenters. The molecule has 1 aromatic heterocycles. The molecule has 1 rings (SSSR count). The van der Waals surface area contributed by atoms with Crippen LogP contribution in [0.3, 0.4) is 0 Å². The van der Waals surface area contributed by atoms with Gasteiger partial charge in [0.2, 0.25) is 9.05 Å². The maximum Gasteiger partial charge on any atom is 0.232 e. The number of thiophene rings is 1. The molecule has 0 saturated carbocycles. The van der Waals surface area contributed by atoms with Crippen LogP contribution in [0.5, 0.6) is 0 Å². The van der Waals surface area contributed by atoms with Crippen LogP contribution in [0, 0.1) is 13.8 Å². The Labute approximate surface area is 87.0 Å². The van der Waals surface area contributed by atoms with Crippen molar-refractivity contribution in [3.8, 4) is 0 Å². The Bertz CT molecular complexity index is 392. The summed E-state index contributed by atoms with van der Waals surface area (Å²) in [6.07, 6.45) is 0.516. The molecule has 74 valence electrons. The highest BCUT2D eigenvalue weighted by Crippen LogP contribution is 2.21. The predicted octanol–water partition coefficient (Wildman–Crippen LogP) is 2.48. The Morgan fingerprint density at radius 1 is 1.46 bits per heavy atom. The van der Waals surface area contributed by atoms with Crippen molar-refractivity contribution >= 4 is 31.1 Å². The number of aryl methyl sites for hydroxylation is 3. The van der Waals surface area contributed by atoms with E-state index in [1.165, 1.54) is 9.75 Å². The van der Waals surface area contributed by atoms with E-state index in [2.05, 4.69) is 0 Å². The molecule has 0 aliphatic heterocycles. The zero-order valence-corrected chi connectivity index (χ0v) is 9.89. The lowest BCUT2D eigenvalue weighted by molar-refractivity contribution is 0.609. The van der Waals surface area contributed by atoms with E-state index >= 15 is 0 Å². The van der Waals surface area contributed by atoms with E-state index in [4.69, 9.17) is 10.7 Å². The Hall–Kier alpha value is -0.0600. The first-order valence-electron chi connectivity index (χ1n) is 3.87. The predicted molar refractivity (Wildman–Crippen MR) is 57.1 cm³/mol. The van der Waals surface area contributed by atoms with Crippen molar-refractivity contribution in [2.75, 3.05) is 5.75 Å². The van der Waals surface area contributed by atoms with Gasteiger partial charge in [-0.1, -0.05) is 0 Å². The quantitative estimate of drug-likeness (QED) is 0.759. The Morgan fingerprint density at radius 3 is 2.46 bits per heavy atom. The lowest BCUT2D eigenvalue weighted by Gasteiger charge is -1.96. The van der Waals surface area contributed by atoms with E-state index < -0.39 is 9.05 Å². The molecule has 0 spiro atoms. The Kier molecular flexibility index (Phi) is 3.38. The molecule has 0 amide bonds. The number of rotatable bonds is 3. The molecular weight excluding hydrogens is 228 g/mol. The van der Waals surface area contributed by atoms with Gasteiger partial charge in [0.1, 0.15) is 0 Å². The van der Waals surface area contributed by atoms with Crippen LogP contribution in [0.15, 0.2) is 6.07 Å². The summed E-state index contributed by atoms with van der Waals surface area (Å²) in [5.74, 6) is 0.0194. The molecule has 13 heavy (non-hydrogen) atoms. The van der Waals surface area contributed by atoms with Gasteiger partial charge < -0.3 is 0 Å². The summed E-state index contributed by atoms with van der Waals surface area (Å²) in [5.41, 5.74) is 1.09. The van der Waals surface area contributed by atoms with E-state index in [1.807, 2.05) is 19.9 Å². The van der Waals surface area contributed by atoms with Crippen molar-refractivity contribution in [1.29, 1.82) is 0 Å². The van der Waals surface area contributed by atoms with Crippen molar-refractivity contribution in [2.24, 2.45) is 0 Å². The van der Waals surface area contributed by atoms with E-state index in [0.29, 0.717) is 6.42 Å². The first kappa shape index (κ1) is 11.0. The highest BCUT2D eigenvalue weighted by Gasteiger charge is 2.08. The second kappa shape index (κ2) is 3.98. The molecule has 1 aromatic rings. The molecule has 0 bridgehead atoms. The standard InChI is InChI=1S/C8H11ClO2S2/c1-6-5-8(7(2)12-6)3-4-13(9,10)11/h5H,3-4H2,1-2H3. The van der Waals surface area contributed by atoms with Gasteiger partial charge in [-0.3, -0.25) is 0 Å². The summed E-state index contributed by atoms with van der Waals surface area (Å²) in [7, 11) is 1.76. The van der Waals surface area contributed by atoms with Crippen LogP contribution >= 0.6 is 22.0 Å². The van der Waals surface area contributed by atoms with Crippen LogP contribution in [0.2, 0.25) is 0 Å². The van der Waals surface area contributed by atoms with Crippen LogP contribution in [-0.2, 0) is 15.5 Å². The Balaban J connectivity index is 2.70. The van der Waals surface area contributed by atoms with Gasteiger partial charge in [-0.05, 0) is 31.9 Å². The largest absolute Gasteiger partial charge is 0.232 e. The average Bonchev–Trinajstić information content (AvgIpc) is 2.24. The summed E-state index contributed by atoms with van der Waals surface area (Å²) in [4.78, 5) is 2.39. The van der Waals surface area contributed by atoms with Crippen LogP contribution in [-0.4, -0.2) is 14.2 Å². The number of hydrogen-bond acceptors (Lipinski definition) is 3. The average molecular weight is 239 g/mol. The van der Waals surface area contributed by atoms with Crippen LogP contribution in [0.1, 0.15) is 15.3 Å². The molecule has 0 N–H and O–H groups in total. The highest BCUT2D eigenvalue weighted by molar-refractivity contribution is 8.13. The maximum absolute atomic E-state index is 10.7. The van der Waals surface area contributed by atoms with Gasteiger partial charge in [0.25, 0.3) is 0 Å². The Morgan fingerprint density at radius 2 is 2.08 bits per heavy atom. The molecule has 0 saturated heterocycles. The van der Waals surface area contributed by atoms with Crippen molar-refractivity contribution in [3.05, 3.63) is 21.4 Å². The van der Waals surface area contributed by atoms with Crippen LogP contribution < -0.4 is 0 Å². The van der Waals surface area contributed by atoms with Crippen molar-refractivity contribution in [1.82, 2.24) is 0 Å². The van der Waals surface area contributed by atoms with E-state index in [1.54, 1.807) is 11.3 Å². The minimum atomic E-state index is -3.35. The van der Waals surface area contributed by atoms with Crippen LogP contribution in [0.4, 0.5) is 0 Å². The van der Waals surface area contributed by atoms with Gasteiger partial charge in [0.15, 0.2) is 0 Å².